The maximum atomic E-state index is 12.0. The van der Waals surface area contributed by atoms with E-state index in [4.69, 9.17) is 0 Å². The third-order valence-corrected chi connectivity index (χ3v) is 3.95. The summed E-state index contributed by atoms with van der Waals surface area (Å²) in [6.45, 7) is 5.31. The Hall–Kier alpha value is -1.20. The lowest BCUT2D eigenvalue weighted by Gasteiger charge is -2.14. The van der Waals surface area contributed by atoms with Gasteiger partial charge in [-0.3, -0.25) is 14.5 Å². The fourth-order valence-corrected chi connectivity index (χ4v) is 2.54. The second kappa shape index (κ2) is 8.07. The Morgan fingerprint density at radius 2 is 2.00 bits per heavy atom. The Morgan fingerprint density at radius 3 is 2.58 bits per heavy atom. The molecule has 1 amide bonds. The molecule has 0 saturated carbocycles. The first-order valence-corrected chi connectivity index (χ1v) is 7.45. The van der Waals surface area contributed by atoms with Crippen molar-refractivity contribution < 1.29 is 9.59 Å². The van der Waals surface area contributed by atoms with Gasteiger partial charge >= 0.3 is 0 Å². The van der Waals surface area contributed by atoms with E-state index in [-0.39, 0.29) is 24.8 Å². The van der Waals surface area contributed by atoms with Gasteiger partial charge in [0.2, 0.25) is 5.91 Å². The number of thiophene rings is 1. The third-order valence-electron chi connectivity index (χ3n) is 2.68. The Bertz CT molecular complexity index is 429. The minimum atomic E-state index is -0.0300. The molecule has 1 aromatic heterocycles. The van der Waals surface area contributed by atoms with Crippen LogP contribution >= 0.6 is 11.3 Å². The summed E-state index contributed by atoms with van der Waals surface area (Å²) in [6.07, 6.45) is 1.87. The zero-order valence-corrected chi connectivity index (χ0v) is 12.7. The van der Waals surface area contributed by atoms with Crippen LogP contribution in [-0.4, -0.2) is 43.3 Å². The van der Waals surface area contributed by atoms with Gasteiger partial charge in [0.25, 0.3) is 0 Å². The summed E-state index contributed by atoms with van der Waals surface area (Å²) in [5, 5.41) is 2.80. The van der Waals surface area contributed by atoms with Gasteiger partial charge in [-0.2, -0.15) is 0 Å². The molecule has 0 radical (unpaired) electrons. The molecule has 0 bridgehead atoms. The van der Waals surface area contributed by atoms with Gasteiger partial charge in [0.05, 0.1) is 18.0 Å². The largest absolute Gasteiger partial charge is 0.355 e. The van der Waals surface area contributed by atoms with Gasteiger partial charge in [0, 0.05) is 11.4 Å². The van der Waals surface area contributed by atoms with Crippen molar-refractivity contribution >= 4 is 23.0 Å². The Kier molecular flexibility index (Phi) is 6.73. The highest BCUT2D eigenvalue weighted by Crippen LogP contribution is 2.17. The molecule has 0 aliphatic rings. The van der Waals surface area contributed by atoms with Crippen molar-refractivity contribution in [1.82, 2.24) is 10.2 Å². The number of hydrogen-bond acceptors (Lipinski definition) is 4. The van der Waals surface area contributed by atoms with Gasteiger partial charge in [0.1, 0.15) is 0 Å². The quantitative estimate of drug-likeness (QED) is 0.741. The Balaban J connectivity index is 2.41. The highest BCUT2D eigenvalue weighted by atomic mass is 32.1. The molecule has 1 N–H and O–H groups in total. The molecule has 1 aromatic rings. The van der Waals surface area contributed by atoms with Crippen LogP contribution in [0.2, 0.25) is 0 Å². The average molecular weight is 282 g/mol. The van der Waals surface area contributed by atoms with Crippen LogP contribution in [-0.2, 0) is 11.2 Å². The second-order valence-corrected chi connectivity index (χ2v) is 5.73. The molecule has 0 atom stereocenters. The maximum Gasteiger partial charge on any atom is 0.234 e. The van der Waals surface area contributed by atoms with E-state index in [1.165, 1.54) is 16.2 Å². The molecule has 0 saturated heterocycles. The van der Waals surface area contributed by atoms with E-state index >= 15 is 0 Å². The van der Waals surface area contributed by atoms with E-state index in [9.17, 15) is 9.59 Å². The number of nitrogens with zero attached hydrogens (tertiary/aromatic N) is 1. The highest BCUT2D eigenvalue weighted by Gasteiger charge is 2.13. The molecule has 4 nitrogen and oxygen atoms in total. The normalized spacial score (nSPS) is 10.7. The standard InChI is InChI=1S/C14H22N2O2S/c1-4-8-15-14(18)10-16(3)9-12(17)13-7-6-11(5-2)19-13/h6-7H,4-5,8-10H2,1-3H3,(H,15,18). The van der Waals surface area contributed by atoms with Crippen molar-refractivity contribution in [2.75, 3.05) is 26.7 Å². The van der Waals surface area contributed by atoms with Crippen molar-refractivity contribution in [3.8, 4) is 0 Å². The van der Waals surface area contributed by atoms with Crippen LogP contribution in [0.25, 0.3) is 0 Å². The monoisotopic (exact) mass is 282 g/mol. The third kappa shape index (κ3) is 5.53. The molecule has 0 fully saturated rings. The van der Waals surface area contributed by atoms with Gasteiger partial charge < -0.3 is 5.32 Å². The summed E-state index contributed by atoms with van der Waals surface area (Å²) in [6, 6.07) is 3.86. The molecule has 0 unspecified atom stereocenters. The van der Waals surface area contributed by atoms with Crippen LogP contribution in [0.15, 0.2) is 12.1 Å². The van der Waals surface area contributed by atoms with Crippen molar-refractivity contribution in [3.05, 3.63) is 21.9 Å². The van der Waals surface area contributed by atoms with Crippen LogP contribution in [0.3, 0.4) is 0 Å². The van der Waals surface area contributed by atoms with Crippen LogP contribution in [0.5, 0.6) is 0 Å². The van der Waals surface area contributed by atoms with Crippen molar-refractivity contribution in [2.24, 2.45) is 0 Å². The SMILES string of the molecule is CCCNC(=O)CN(C)CC(=O)c1ccc(CC)s1. The molecule has 1 heterocycles. The first kappa shape index (κ1) is 15.9. The maximum absolute atomic E-state index is 12.0. The highest BCUT2D eigenvalue weighted by molar-refractivity contribution is 7.14. The van der Waals surface area contributed by atoms with Gasteiger partial charge in [-0.1, -0.05) is 13.8 Å². The number of carbonyl (C=O) groups excluding carboxylic acids is 2. The number of nitrogens with one attached hydrogen (secondary N) is 1. The molecule has 5 heteroatoms. The van der Waals surface area contributed by atoms with E-state index in [1.54, 1.807) is 11.9 Å². The molecule has 0 spiro atoms. The summed E-state index contributed by atoms with van der Waals surface area (Å²) >= 11 is 1.54. The number of rotatable bonds is 8. The first-order valence-electron chi connectivity index (χ1n) is 6.64. The van der Waals surface area contributed by atoms with E-state index in [2.05, 4.69) is 12.2 Å². The van der Waals surface area contributed by atoms with E-state index in [1.807, 2.05) is 19.1 Å². The molecular weight excluding hydrogens is 260 g/mol. The van der Waals surface area contributed by atoms with E-state index in [0.29, 0.717) is 6.54 Å². The fraction of sp³-hybridized carbons (Fsp3) is 0.571. The summed E-state index contributed by atoms with van der Waals surface area (Å²) in [5.74, 6) is 0.0491. The number of likely N-dealkylation sites (N-methyl/N-ethyl adjacent to an activating group) is 1. The van der Waals surface area contributed by atoms with E-state index < -0.39 is 0 Å². The van der Waals surface area contributed by atoms with Crippen LogP contribution in [0.1, 0.15) is 34.8 Å². The van der Waals surface area contributed by atoms with Crippen LogP contribution < -0.4 is 5.32 Å². The van der Waals surface area contributed by atoms with Crippen LogP contribution in [0.4, 0.5) is 0 Å². The predicted octanol–water partition coefficient (Wildman–Crippen LogP) is 1.95. The Labute approximate surface area is 118 Å². The zero-order valence-electron chi connectivity index (χ0n) is 11.9. The Morgan fingerprint density at radius 1 is 1.26 bits per heavy atom. The van der Waals surface area contributed by atoms with Crippen LogP contribution in [0, 0.1) is 0 Å². The number of hydrogen-bond donors (Lipinski definition) is 1. The topological polar surface area (TPSA) is 49.4 Å². The summed E-state index contributed by atoms with van der Waals surface area (Å²) in [5.41, 5.74) is 0. The second-order valence-electron chi connectivity index (χ2n) is 4.56. The molecule has 0 aliphatic heterocycles. The fourth-order valence-electron chi connectivity index (χ4n) is 1.66. The summed E-state index contributed by atoms with van der Waals surface area (Å²) < 4.78 is 0. The number of Topliss-reactive ketones (excluding diaryl/α,β-unsaturated/α-hetero) is 1. The lowest BCUT2D eigenvalue weighted by molar-refractivity contribution is -0.121. The smallest absolute Gasteiger partial charge is 0.234 e. The van der Waals surface area contributed by atoms with Gasteiger partial charge in [-0.05, 0) is 32.0 Å². The van der Waals surface area contributed by atoms with Crippen molar-refractivity contribution in [1.29, 1.82) is 0 Å². The first-order chi connectivity index (χ1) is 9.06. The van der Waals surface area contributed by atoms with Crippen molar-refractivity contribution in [2.45, 2.75) is 26.7 Å². The zero-order chi connectivity index (χ0) is 14.3. The lowest BCUT2D eigenvalue weighted by atomic mass is 10.3. The minimum absolute atomic E-state index is 0.0300. The number of amides is 1. The van der Waals surface area contributed by atoms with Gasteiger partial charge in [-0.25, -0.2) is 0 Å². The number of ketones is 1. The molecule has 1 rings (SSSR count). The summed E-state index contributed by atoms with van der Waals surface area (Å²) in [4.78, 5) is 27.3. The van der Waals surface area contributed by atoms with Gasteiger partial charge in [0.15, 0.2) is 5.78 Å². The summed E-state index contributed by atoms with van der Waals surface area (Å²) in [7, 11) is 1.79. The predicted molar refractivity (Wildman–Crippen MR) is 78.8 cm³/mol. The molecule has 0 aliphatic carbocycles. The average Bonchev–Trinajstić information content (AvgIpc) is 2.84. The number of aryl methyl sites for hydroxylation is 1. The molecular formula is C14H22N2O2S. The molecule has 0 aromatic carbocycles. The minimum Gasteiger partial charge on any atom is -0.355 e. The lowest BCUT2D eigenvalue weighted by Crippen LogP contribution is -2.37. The number of carbonyl (C=O) groups is 2. The van der Waals surface area contributed by atoms with Gasteiger partial charge in [-0.15, -0.1) is 11.3 Å². The van der Waals surface area contributed by atoms with E-state index in [0.717, 1.165) is 17.7 Å². The molecule has 19 heavy (non-hydrogen) atoms. The van der Waals surface area contributed by atoms with Crippen molar-refractivity contribution in [3.63, 3.8) is 0 Å². The molecule has 106 valence electrons.